The summed E-state index contributed by atoms with van der Waals surface area (Å²) >= 11 is 0. The number of rotatable bonds is 6. The van der Waals surface area contributed by atoms with Gasteiger partial charge in [0.15, 0.2) is 5.82 Å². The molecule has 0 spiro atoms. The molecule has 2 heterocycles. The highest BCUT2D eigenvalue weighted by Crippen LogP contribution is 2.42. The first kappa shape index (κ1) is 23.0. The van der Waals surface area contributed by atoms with Crippen LogP contribution in [0.1, 0.15) is 44.7 Å². The van der Waals surface area contributed by atoms with E-state index in [0.29, 0.717) is 16.6 Å². The van der Waals surface area contributed by atoms with Crippen molar-refractivity contribution in [1.82, 2.24) is 19.3 Å². The summed E-state index contributed by atoms with van der Waals surface area (Å²) < 4.78 is 71.3. The third-order valence-corrected chi connectivity index (χ3v) is 6.92. The van der Waals surface area contributed by atoms with E-state index in [9.17, 15) is 26.9 Å². The number of benzene rings is 1. The van der Waals surface area contributed by atoms with Gasteiger partial charge >= 0.3 is 6.36 Å². The Balaban J connectivity index is 1.87. The third kappa shape index (κ3) is 4.51. The van der Waals surface area contributed by atoms with Crippen molar-refractivity contribution in [3.8, 4) is 23.3 Å². The van der Waals surface area contributed by atoms with Gasteiger partial charge in [-0.3, -0.25) is 0 Å². The standard InChI is InChI=1S/C21H20F3N5O3S/c1-12(2)28-33(30,31)15-10-26-20(27-11-15)19-17(9-25)16-7-6-14(32-21(22,23)24)8-18(16)29(19)13-4-3-5-13/h6-8,10-13,28H,3-5H2,1-2H3. The fraction of sp³-hybridized carbons (Fsp3) is 0.381. The van der Waals surface area contributed by atoms with Crippen LogP contribution >= 0.6 is 0 Å². The largest absolute Gasteiger partial charge is 0.573 e. The Kier molecular flexibility index (Phi) is 5.79. The lowest BCUT2D eigenvalue weighted by molar-refractivity contribution is -0.274. The first-order valence-electron chi connectivity index (χ1n) is 10.2. The molecule has 1 aromatic carbocycles. The number of sulfonamides is 1. The van der Waals surface area contributed by atoms with Crippen LogP contribution in [0.2, 0.25) is 0 Å². The van der Waals surface area contributed by atoms with Gasteiger partial charge in [-0.15, -0.1) is 13.2 Å². The molecule has 8 nitrogen and oxygen atoms in total. The molecule has 1 aliphatic rings. The molecule has 0 atom stereocenters. The van der Waals surface area contributed by atoms with Gasteiger partial charge in [-0.2, -0.15) is 5.26 Å². The third-order valence-electron chi connectivity index (χ3n) is 5.30. The summed E-state index contributed by atoms with van der Waals surface area (Å²) in [5.74, 6) is -0.289. The highest BCUT2D eigenvalue weighted by atomic mass is 32.2. The molecule has 1 saturated carbocycles. The van der Waals surface area contributed by atoms with Crippen LogP contribution in [0.5, 0.6) is 5.75 Å². The maximum Gasteiger partial charge on any atom is 0.573 e. The van der Waals surface area contributed by atoms with Gasteiger partial charge in [0.2, 0.25) is 10.0 Å². The first-order valence-corrected chi connectivity index (χ1v) is 11.7. The topological polar surface area (TPSA) is 110 Å². The molecule has 3 aromatic rings. The first-order chi connectivity index (χ1) is 15.5. The smallest absolute Gasteiger partial charge is 0.406 e. The minimum absolute atomic E-state index is 0.0552. The van der Waals surface area contributed by atoms with Gasteiger partial charge < -0.3 is 9.30 Å². The van der Waals surface area contributed by atoms with Crippen molar-refractivity contribution >= 4 is 20.9 Å². The second kappa shape index (κ2) is 8.31. The van der Waals surface area contributed by atoms with Crippen LogP contribution in [-0.2, 0) is 10.0 Å². The minimum atomic E-state index is -4.85. The molecular formula is C21H20F3N5O3S. The van der Waals surface area contributed by atoms with Crippen molar-refractivity contribution in [1.29, 1.82) is 5.26 Å². The number of nitriles is 1. The van der Waals surface area contributed by atoms with E-state index < -0.39 is 22.1 Å². The van der Waals surface area contributed by atoms with E-state index in [1.54, 1.807) is 18.4 Å². The van der Waals surface area contributed by atoms with E-state index in [1.807, 2.05) is 0 Å². The van der Waals surface area contributed by atoms with Crippen LogP contribution in [0.3, 0.4) is 0 Å². The van der Waals surface area contributed by atoms with Crippen LogP contribution < -0.4 is 9.46 Å². The Hall–Kier alpha value is -3.17. The van der Waals surface area contributed by atoms with Gasteiger partial charge in [0, 0.05) is 23.5 Å². The number of aromatic nitrogens is 3. The van der Waals surface area contributed by atoms with Crippen molar-refractivity contribution in [2.24, 2.45) is 0 Å². The summed E-state index contributed by atoms with van der Waals surface area (Å²) in [6.45, 7) is 3.36. The van der Waals surface area contributed by atoms with E-state index in [-0.39, 0.29) is 28.4 Å². The summed E-state index contributed by atoms with van der Waals surface area (Å²) in [5.41, 5.74) is 0.934. The molecule has 1 N–H and O–H groups in total. The molecule has 1 aliphatic carbocycles. The minimum Gasteiger partial charge on any atom is -0.406 e. The lowest BCUT2D eigenvalue weighted by Gasteiger charge is -2.29. The number of hydrogen-bond acceptors (Lipinski definition) is 6. The summed E-state index contributed by atoms with van der Waals surface area (Å²) in [6, 6.07) is 5.53. The van der Waals surface area contributed by atoms with E-state index >= 15 is 0 Å². The van der Waals surface area contributed by atoms with E-state index in [2.05, 4.69) is 25.5 Å². The van der Waals surface area contributed by atoms with Crippen LogP contribution in [0.4, 0.5) is 13.2 Å². The predicted molar refractivity (Wildman–Crippen MR) is 113 cm³/mol. The zero-order valence-electron chi connectivity index (χ0n) is 17.7. The van der Waals surface area contributed by atoms with Crippen molar-refractivity contribution in [2.75, 3.05) is 0 Å². The van der Waals surface area contributed by atoms with E-state index in [1.165, 1.54) is 12.1 Å². The Labute approximate surface area is 188 Å². The Morgan fingerprint density at radius 3 is 2.42 bits per heavy atom. The highest BCUT2D eigenvalue weighted by molar-refractivity contribution is 7.89. The van der Waals surface area contributed by atoms with Gasteiger partial charge in [0.25, 0.3) is 0 Å². The van der Waals surface area contributed by atoms with Gasteiger partial charge in [-0.05, 0) is 45.2 Å². The van der Waals surface area contributed by atoms with Crippen molar-refractivity contribution < 1.29 is 26.3 Å². The fourth-order valence-corrected chi connectivity index (χ4v) is 4.94. The van der Waals surface area contributed by atoms with Crippen molar-refractivity contribution in [2.45, 2.75) is 56.5 Å². The quantitative estimate of drug-likeness (QED) is 0.565. The molecule has 174 valence electrons. The molecule has 0 unspecified atom stereocenters. The normalized spacial score (nSPS) is 14.9. The van der Waals surface area contributed by atoms with Crippen LogP contribution in [0, 0.1) is 11.3 Å². The lowest BCUT2D eigenvalue weighted by Crippen LogP contribution is -2.30. The maximum atomic E-state index is 12.8. The van der Waals surface area contributed by atoms with Gasteiger partial charge in [0.1, 0.15) is 22.4 Å². The number of fused-ring (bicyclic) bond motifs is 1. The lowest BCUT2D eigenvalue weighted by atomic mass is 9.92. The fourth-order valence-electron chi connectivity index (χ4n) is 3.80. The van der Waals surface area contributed by atoms with Gasteiger partial charge in [0.05, 0.1) is 23.5 Å². The van der Waals surface area contributed by atoms with Crippen LogP contribution in [0.25, 0.3) is 22.4 Å². The molecule has 0 saturated heterocycles. The van der Waals surface area contributed by atoms with Gasteiger partial charge in [-0.25, -0.2) is 23.1 Å². The monoisotopic (exact) mass is 479 g/mol. The molecular weight excluding hydrogens is 459 g/mol. The second-order valence-electron chi connectivity index (χ2n) is 8.04. The van der Waals surface area contributed by atoms with Gasteiger partial charge in [-0.1, -0.05) is 0 Å². The van der Waals surface area contributed by atoms with E-state index in [0.717, 1.165) is 37.7 Å². The number of nitrogens with one attached hydrogen (secondary N) is 1. The van der Waals surface area contributed by atoms with Crippen LogP contribution in [0.15, 0.2) is 35.5 Å². The Morgan fingerprint density at radius 2 is 1.91 bits per heavy atom. The second-order valence-corrected chi connectivity index (χ2v) is 9.75. The SMILES string of the molecule is CC(C)NS(=O)(=O)c1cnc(-c2c(C#N)c3ccc(OC(F)(F)F)cc3n2C2CCC2)nc1. The highest BCUT2D eigenvalue weighted by Gasteiger charge is 2.33. The van der Waals surface area contributed by atoms with Crippen LogP contribution in [-0.4, -0.2) is 35.4 Å². The molecule has 0 radical (unpaired) electrons. The summed E-state index contributed by atoms with van der Waals surface area (Å²) in [4.78, 5) is 8.26. The molecule has 0 amide bonds. The Bertz CT molecular complexity index is 1340. The average Bonchev–Trinajstić information content (AvgIpc) is 2.98. The number of hydrogen-bond donors (Lipinski definition) is 1. The molecule has 0 bridgehead atoms. The molecule has 2 aromatic heterocycles. The van der Waals surface area contributed by atoms with E-state index in [4.69, 9.17) is 0 Å². The molecule has 1 fully saturated rings. The Morgan fingerprint density at radius 1 is 1.24 bits per heavy atom. The zero-order valence-corrected chi connectivity index (χ0v) is 18.5. The van der Waals surface area contributed by atoms with Crippen molar-refractivity contribution in [3.05, 3.63) is 36.2 Å². The number of halogens is 3. The number of alkyl halides is 3. The predicted octanol–water partition coefficient (Wildman–Crippen LogP) is 4.28. The molecule has 4 rings (SSSR count). The molecule has 0 aliphatic heterocycles. The zero-order chi connectivity index (χ0) is 24.0. The average molecular weight is 479 g/mol. The summed E-state index contributed by atoms with van der Waals surface area (Å²) in [6.07, 6.45) is -0.0713. The number of nitrogens with zero attached hydrogens (tertiary/aromatic N) is 4. The summed E-state index contributed by atoms with van der Waals surface area (Å²) in [7, 11) is -3.81. The summed E-state index contributed by atoms with van der Waals surface area (Å²) in [5, 5.41) is 10.3. The molecule has 33 heavy (non-hydrogen) atoms. The molecule has 12 heteroatoms. The maximum absolute atomic E-state index is 12.8. The number of ether oxygens (including phenoxy) is 1. The van der Waals surface area contributed by atoms with Crippen molar-refractivity contribution in [3.63, 3.8) is 0 Å².